The molecule has 1 atom stereocenters. The van der Waals surface area contributed by atoms with Crippen LogP contribution in [-0.4, -0.2) is 19.2 Å². The zero-order chi connectivity index (χ0) is 12.5. The zero-order valence-corrected chi connectivity index (χ0v) is 10.8. The van der Waals surface area contributed by atoms with Gasteiger partial charge in [-0.05, 0) is 36.1 Å². The van der Waals surface area contributed by atoms with Gasteiger partial charge in [0.15, 0.2) is 5.54 Å². The summed E-state index contributed by atoms with van der Waals surface area (Å²) in [6, 6.07) is 5.55. The molecule has 0 saturated carbocycles. The number of fused-ring (bicyclic) bond motifs is 1. The average molecular weight is 296 g/mol. The molecule has 0 radical (unpaired) electrons. The predicted molar refractivity (Wildman–Crippen MR) is 64.3 cm³/mol. The number of esters is 1. The summed E-state index contributed by atoms with van der Waals surface area (Å²) in [6.45, 7) is 0. The highest BCUT2D eigenvalue weighted by molar-refractivity contribution is 9.10. The molecule has 1 unspecified atom stereocenters. The molecule has 0 fully saturated rings. The molecular weight excluding hydrogens is 286 g/mol. The minimum atomic E-state index is -1.20. The van der Waals surface area contributed by atoms with Crippen molar-refractivity contribution in [1.29, 1.82) is 0 Å². The first-order valence-corrected chi connectivity index (χ1v) is 5.89. The van der Waals surface area contributed by atoms with E-state index in [9.17, 15) is 9.59 Å². The number of carbonyl (C=O) groups excluding carboxylic acids is 2. The van der Waals surface area contributed by atoms with Crippen molar-refractivity contribution < 1.29 is 14.3 Å². The van der Waals surface area contributed by atoms with Crippen LogP contribution in [-0.2, 0) is 26.3 Å². The van der Waals surface area contributed by atoms with Crippen LogP contribution in [0.1, 0.15) is 17.5 Å². The third kappa shape index (κ3) is 1.81. The number of methoxy groups -OCH3 is 1. The molecule has 0 heterocycles. The molecule has 1 aliphatic carbocycles. The van der Waals surface area contributed by atoms with Crippen molar-refractivity contribution in [3.05, 3.63) is 33.8 Å². The molecule has 1 aromatic carbocycles. The Bertz CT molecular complexity index is 522. The lowest BCUT2D eigenvalue weighted by molar-refractivity contribution is -0.147. The number of carbonyl (C=O) groups is 1. The monoisotopic (exact) mass is 295 g/mol. The first-order chi connectivity index (χ1) is 8.14. The Morgan fingerprint density at radius 1 is 1.59 bits per heavy atom. The van der Waals surface area contributed by atoms with Gasteiger partial charge in [0.1, 0.15) is 0 Å². The third-order valence-electron chi connectivity index (χ3n) is 3.03. The first-order valence-electron chi connectivity index (χ1n) is 5.10. The number of halogens is 1. The van der Waals surface area contributed by atoms with Gasteiger partial charge in [-0.25, -0.2) is 9.59 Å². The normalized spacial score (nSPS) is 21.5. The van der Waals surface area contributed by atoms with Crippen LogP contribution in [0.3, 0.4) is 0 Å². The van der Waals surface area contributed by atoms with Crippen LogP contribution >= 0.6 is 15.9 Å². The Hall–Kier alpha value is -1.45. The molecule has 0 saturated heterocycles. The summed E-state index contributed by atoms with van der Waals surface area (Å²) >= 11 is 3.37. The van der Waals surface area contributed by atoms with E-state index in [0.717, 1.165) is 15.6 Å². The van der Waals surface area contributed by atoms with E-state index < -0.39 is 11.5 Å². The summed E-state index contributed by atoms with van der Waals surface area (Å²) in [5.74, 6) is -0.512. The molecule has 17 heavy (non-hydrogen) atoms. The fourth-order valence-corrected chi connectivity index (χ4v) is 2.65. The van der Waals surface area contributed by atoms with Crippen molar-refractivity contribution in [1.82, 2.24) is 0 Å². The maximum atomic E-state index is 11.9. The summed E-state index contributed by atoms with van der Waals surface area (Å²) in [4.78, 5) is 26.1. The van der Waals surface area contributed by atoms with Crippen LogP contribution in [0.15, 0.2) is 27.7 Å². The molecule has 0 amide bonds. The minimum Gasteiger partial charge on any atom is -0.467 e. The Labute approximate surface area is 107 Å². The molecule has 0 aliphatic heterocycles. The Morgan fingerprint density at radius 2 is 2.35 bits per heavy atom. The number of aryl methyl sites for hydroxylation is 1. The van der Waals surface area contributed by atoms with Gasteiger partial charge >= 0.3 is 5.97 Å². The summed E-state index contributed by atoms with van der Waals surface area (Å²) in [5.41, 5.74) is 0.534. The SMILES string of the molecule is COC(=O)C1(N=C=O)CCc2cc(Br)ccc21. The van der Waals surface area contributed by atoms with E-state index in [0.29, 0.717) is 12.8 Å². The highest BCUT2D eigenvalue weighted by atomic mass is 79.9. The average Bonchev–Trinajstić information content (AvgIpc) is 2.68. The maximum Gasteiger partial charge on any atom is 0.339 e. The van der Waals surface area contributed by atoms with Crippen molar-refractivity contribution in [2.75, 3.05) is 7.11 Å². The lowest BCUT2D eigenvalue weighted by Gasteiger charge is -2.20. The summed E-state index contributed by atoms with van der Waals surface area (Å²) in [7, 11) is 1.29. The summed E-state index contributed by atoms with van der Waals surface area (Å²) < 4.78 is 5.69. The van der Waals surface area contributed by atoms with Crippen LogP contribution in [0.5, 0.6) is 0 Å². The number of benzene rings is 1. The summed E-state index contributed by atoms with van der Waals surface area (Å²) in [6.07, 6.45) is 2.62. The molecule has 88 valence electrons. The molecule has 1 aromatic rings. The van der Waals surface area contributed by atoms with E-state index in [1.165, 1.54) is 13.2 Å². The van der Waals surface area contributed by atoms with E-state index in [-0.39, 0.29) is 0 Å². The first kappa shape index (κ1) is 12.0. The molecule has 5 heteroatoms. The van der Waals surface area contributed by atoms with Crippen LogP contribution in [0.25, 0.3) is 0 Å². The Balaban J connectivity index is 2.60. The van der Waals surface area contributed by atoms with Gasteiger partial charge in [0.05, 0.1) is 7.11 Å². The van der Waals surface area contributed by atoms with Crippen LogP contribution < -0.4 is 0 Å². The van der Waals surface area contributed by atoms with Gasteiger partial charge < -0.3 is 4.74 Å². The standard InChI is InChI=1S/C12H10BrNO3/c1-17-11(16)12(14-7-15)5-4-8-6-9(13)2-3-10(8)12/h2-3,6H,4-5H2,1H3. The lowest BCUT2D eigenvalue weighted by atomic mass is 9.93. The number of aliphatic imine (C=N–C) groups is 1. The van der Waals surface area contributed by atoms with Gasteiger partial charge in [0.2, 0.25) is 6.08 Å². The maximum absolute atomic E-state index is 11.9. The molecular formula is C12H10BrNO3. The fraction of sp³-hybridized carbons (Fsp3) is 0.333. The quantitative estimate of drug-likeness (QED) is 0.477. The van der Waals surface area contributed by atoms with Gasteiger partial charge in [-0.1, -0.05) is 22.0 Å². The molecule has 0 bridgehead atoms. The second kappa shape index (κ2) is 4.43. The number of hydrogen-bond acceptors (Lipinski definition) is 4. The smallest absolute Gasteiger partial charge is 0.339 e. The third-order valence-corrected chi connectivity index (χ3v) is 3.52. The van der Waals surface area contributed by atoms with E-state index in [2.05, 4.69) is 20.9 Å². The highest BCUT2D eigenvalue weighted by Gasteiger charge is 2.46. The molecule has 0 aromatic heterocycles. The topological polar surface area (TPSA) is 55.7 Å². The van der Waals surface area contributed by atoms with Gasteiger partial charge in [0.25, 0.3) is 0 Å². The Kier molecular flexibility index (Phi) is 3.13. The van der Waals surface area contributed by atoms with Crippen molar-refractivity contribution >= 4 is 28.0 Å². The molecule has 1 aliphatic rings. The number of nitrogens with zero attached hydrogens (tertiary/aromatic N) is 1. The molecule has 4 nitrogen and oxygen atoms in total. The van der Waals surface area contributed by atoms with Gasteiger partial charge in [-0.15, -0.1) is 0 Å². The second-order valence-electron chi connectivity index (χ2n) is 3.86. The van der Waals surface area contributed by atoms with E-state index in [4.69, 9.17) is 4.74 Å². The van der Waals surface area contributed by atoms with Gasteiger partial charge in [0, 0.05) is 4.47 Å². The van der Waals surface area contributed by atoms with Crippen molar-refractivity contribution in [2.24, 2.45) is 4.99 Å². The van der Waals surface area contributed by atoms with Crippen molar-refractivity contribution in [2.45, 2.75) is 18.4 Å². The van der Waals surface area contributed by atoms with Crippen LogP contribution in [0.4, 0.5) is 0 Å². The zero-order valence-electron chi connectivity index (χ0n) is 9.20. The van der Waals surface area contributed by atoms with Crippen molar-refractivity contribution in [3.8, 4) is 0 Å². The number of ether oxygens (including phenoxy) is 1. The van der Waals surface area contributed by atoms with Crippen molar-refractivity contribution in [3.63, 3.8) is 0 Å². The predicted octanol–water partition coefficient (Wildman–Crippen LogP) is 2.10. The molecule has 2 rings (SSSR count). The lowest BCUT2D eigenvalue weighted by Crippen LogP contribution is -2.32. The van der Waals surface area contributed by atoms with Gasteiger partial charge in [-0.3, -0.25) is 0 Å². The number of rotatable bonds is 2. The summed E-state index contributed by atoms with van der Waals surface area (Å²) in [5, 5.41) is 0. The van der Waals surface area contributed by atoms with Crippen LogP contribution in [0, 0.1) is 0 Å². The second-order valence-corrected chi connectivity index (χ2v) is 4.77. The Morgan fingerprint density at radius 3 is 3.00 bits per heavy atom. The van der Waals surface area contributed by atoms with Crippen LogP contribution in [0.2, 0.25) is 0 Å². The van der Waals surface area contributed by atoms with E-state index in [1.807, 2.05) is 12.1 Å². The molecule has 0 spiro atoms. The largest absolute Gasteiger partial charge is 0.467 e. The van der Waals surface area contributed by atoms with Gasteiger partial charge in [-0.2, -0.15) is 4.99 Å². The minimum absolute atomic E-state index is 0.445. The fourth-order valence-electron chi connectivity index (χ4n) is 2.24. The van der Waals surface area contributed by atoms with E-state index in [1.54, 1.807) is 6.07 Å². The number of hydrogen-bond donors (Lipinski definition) is 0. The van der Waals surface area contributed by atoms with E-state index >= 15 is 0 Å². The highest BCUT2D eigenvalue weighted by Crippen LogP contribution is 2.41. The number of isocyanates is 1. The molecule has 0 N–H and O–H groups in total.